The molecule has 0 aliphatic carbocycles. The second-order valence-electron chi connectivity index (χ2n) is 8.00. The van der Waals surface area contributed by atoms with Crippen molar-refractivity contribution in [2.24, 2.45) is 0 Å². The highest BCUT2D eigenvalue weighted by molar-refractivity contribution is 5.95. The zero-order chi connectivity index (χ0) is 22.7. The SMILES string of the molecule is c1ccc(-c2ccccc2-c2nc3cnncc3nc2-c2ccccc2-c2ccccc2)cc1. The van der Waals surface area contributed by atoms with Gasteiger partial charge in [-0.05, 0) is 22.3 Å². The van der Waals surface area contributed by atoms with Gasteiger partial charge in [0.25, 0.3) is 0 Å². The molecule has 4 heteroatoms. The number of hydrogen-bond donors (Lipinski definition) is 0. The van der Waals surface area contributed by atoms with Crippen LogP contribution in [0, 0.1) is 0 Å². The van der Waals surface area contributed by atoms with Gasteiger partial charge >= 0.3 is 0 Å². The van der Waals surface area contributed by atoms with Crippen LogP contribution >= 0.6 is 0 Å². The molecule has 0 fully saturated rings. The summed E-state index contributed by atoms with van der Waals surface area (Å²) in [4.78, 5) is 10.2. The zero-order valence-electron chi connectivity index (χ0n) is 18.3. The molecular formula is C30H20N4. The van der Waals surface area contributed by atoms with E-state index in [1.807, 2.05) is 24.3 Å². The van der Waals surface area contributed by atoms with Crippen molar-refractivity contribution in [3.63, 3.8) is 0 Å². The summed E-state index contributed by atoms with van der Waals surface area (Å²) in [6.45, 7) is 0. The van der Waals surface area contributed by atoms with Crippen LogP contribution < -0.4 is 0 Å². The Morgan fingerprint density at radius 3 is 1.12 bits per heavy atom. The van der Waals surface area contributed by atoms with E-state index in [0.717, 1.165) is 44.8 Å². The van der Waals surface area contributed by atoms with E-state index in [4.69, 9.17) is 9.97 Å². The van der Waals surface area contributed by atoms with E-state index in [-0.39, 0.29) is 0 Å². The predicted octanol–water partition coefficient (Wildman–Crippen LogP) is 7.09. The lowest BCUT2D eigenvalue weighted by molar-refractivity contribution is 1.04. The second kappa shape index (κ2) is 8.68. The van der Waals surface area contributed by atoms with Crippen LogP contribution in [0.15, 0.2) is 122 Å². The first-order valence-electron chi connectivity index (χ1n) is 11.2. The molecule has 4 aromatic carbocycles. The van der Waals surface area contributed by atoms with E-state index in [1.165, 1.54) is 0 Å². The topological polar surface area (TPSA) is 51.6 Å². The van der Waals surface area contributed by atoms with Crippen LogP contribution in [-0.2, 0) is 0 Å². The van der Waals surface area contributed by atoms with Gasteiger partial charge in [-0.1, -0.05) is 109 Å². The van der Waals surface area contributed by atoms with Gasteiger partial charge in [0.05, 0.1) is 23.8 Å². The standard InChI is InChI=1S/C30H20N4/c1-3-11-21(12-4-1)23-15-7-9-17-25(23)29-30(34-28-20-32-31-19-27(28)33-29)26-18-10-8-16-24(26)22-13-5-2-6-14-22/h1-20H. The summed E-state index contributed by atoms with van der Waals surface area (Å²) in [5.41, 5.74) is 9.62. The lowest BCUT2D eigenvalue weighted by Crippen LogP contribution is -1.99. The lowest BCUT2D eigenvalue weighted by atomic mass is 9.92. The fraction of sp³-hybridized carbons (Fsp3) is 0. The molecule has 6 aromatic rings. The second-order valence-corrected chi connectivity index (χ2v) is 8.00. The molecule has 6 rings (SSSR count). The summed E-state index contributed by atoms with van der Waals surface area (Å²) in [5, 5.41) is 8.09. The van der Waals surface area contributed by atoms with Crippen molar-refractivity contribution in [1.29, 1.82) is 0 Å². The van der Waals surface area contributed by atoms with Crippen molar-refractivity contribution < 1.29 is 0 Å². The van der Waals surface area contributed by atoms with E-state index >= 15 is 0 Å². The highest BCUT2D eigenvalue weighted by atomic mass is 15.1. The molecule has 0 aliphatic heterocycles. The third-order valence-electron chi connectivity index (χ3n) is 5.91. The minimum absolute atomic E-state index is 0.716. The summed E-state index contributed by atoms with van der Waals surface area (Å²) in [6, 6.07) is 37.5. The van der Waals surface area contributed by atoms with Crippen LogP contribution in [0.1, 0.15) is 0 Å². The summed E-state index contributed by atoms with van der Waals surface area (Å²) < 4.78 is 0. The Kier molecular flexibility index (Phi) is 5.09. The first kappa shape index (κ1) is 19.9. The molecule has 0 spiro atoms. The average molecular weight is 437 g/mol. The Balaban J connectivity index is 1.67. The first-order valence-corrected chi connectivity index (χ1v) is 11.2. The summed E-state index contributed by atoms with van der Waals surface area (Å²) in [6.07, 6.45) is 3.34. The summed E-state index contributed by atoms with van der Waals surface area (Å²) >= 11 is 0. The molecule has 2 aromatic heterocycles. The van der Waals surface area contributed by atoms with Gasteiger partial charge in [0.2, 0.25) is 0 Å². The van der Waals surface area contributed by atoms with Gasteiger partial charge in [-0.3, -0.25) is 0 Å². The first-order chi connectivity index (χ1) is 16.9. The van der Waals surface area contributed by atoms with Gasteiger partial charge in [-0.15, -0.1) is 0 Å². The molecule has 0 bridgehead atoms. The molecule has 160 valence electrons. The third-order valence-corrected chi connectivity index (χ3v) is 5.91. The number of benzene rings is 4. The van der Waals surface area contributed by atoms with Crippen LogP contribution in [0.5, 0.6) is 0 Å². The molecule has 0 unspecified atom stereocenters. The zero-order valence-corrected chi connectivity index (χ0v) is 18.3. The van der Waals surface area contributed by atoms with Crippen molar-refractivity contribution >= 4 is 11.0 Å². The highest BCUT2D eigenvalue weighted by Crippen LogP contribution is 2.40. The molecule has 4 nitrogen and oxygen atoms in total. The molecule has 0 atom stereocenters. The summed E-state index contributed by atoms with van der Waals surface area (Å²) in [7, 11) is 0. The van der Waals surface area contributed by atoms with Gasteiger partial charge in [0.15, 0.2) is 0 Å². The van der Waals surface area contributed by atoms with E-state index in [9.17, 15) is 0 Å². The summed E-state index contributed by atoms with van der Waals surface area (Å²) in [5.74, 6) is 0. The molecule has 0 radical (unpaired) electrons. The monoisotopic (exact) mass is 436 g/mol. The quantitative estimate of drug-likeness (QED) is 0.296. The third kappa shape index (κ3) is 3.61. The highest BCUT2D eigenvalue weighted by Gasteiger charge is 2.19. The maximum atomic E-state index is 5.08. The van der Waals surface area contributed by atoms with E-state index < -0.39 is 0 Å². The number of aromatic nitrogens is 4. The largest absolute Gasteiger partial charge is 0.242 e. The van der Waals surface area contributed by atoms with Crippen molar-refractivity contribution in [2.75, 3.05) is 0 Å². The average Bonchev–Trinajstić information content (AvgIpc) is 2.93. The molecule has 34 heavy (non-hydrogen) atoms. The minimum atomic E-state index is 0.716. The molecule has 0 saturated carbocycles. The number of nitrogens with zero attached hydrogens (tertiary/aromatic N) is 4. The van der Waals surface area contributed by atoms with Crippen LogP contribution in [0.4, 0.5) is 0 Å². The Morgan fingerprint density at radius 2 is 0.706 bits per heavy atom. The van der Waals surface area contributed by atoms with E-state index in [1.54, 1.807) is 12.4 Å². The van der Waals surface area contributed by atoms with E-state index in [0.29, 0.717) is 11.0 Å². The maximum absolute atomic E-state index is 5.08. The number of rotatable bonds is 4. The van der Waals surface area contributed by atoms with Crippen LogP contribution in [0.3, 0.4) is 0 Å². The molecule has 0 amide bonds. The molecule has 0 aliphatic rings. The van der Waals surface area contributed by atoms with Crippen molar-refractivity contribution in [3.8, 4) is 44.8 Å². The van der Waals surface area contributed by atoms with E-state index in [2.05, 4.69) is 95.1 Å². The number of hydrogen-bond acceptors (Lipinski definition) is 4. The molecule has 2 heterocycles. The van der Waals surface area contributed by atoms with Gasteiger partial charge < -0.3 is 0 Å². The fourth-order valence-corrected chi connectivity index (χ4v) is 4.32. The van der Waals surface area contributed by atoms with Gasteiger partial charge in [0.1, 0.15) is 11.0 Å². The van der Waals surface area contributed by atoms with Crippen molar-refractivity contribution in [2.45, 2.75) is 0 Å². The van der Waals surface area contributed by atoms with Gasteiger partial charge in [-0.25, -0.2) is 9.97 Å². The Bertz CT molecular complexity index is 1470. The van der Waals surface area contributed by atoms with Crippen LogP contribution in [-0.4, -0.2) is 20.2 Å². The molecule has 0 saturated heterocycles. The lowest BCUT2D eigenvalue weighted by Gasteiger charge is -2.16. The predicted molar refractivity (Wildman–Crippen MR) is 137 cm³/mol. The molecular weight excluding hydrogens is 416 g/mol. The van der Waals surface area contributed by atoms with Gasteiger partial charge in [-0.2, -0.15) is 10.2 Å². The Hall–Kier alpha value is -4.70. The Labute approximate surface area is 197 Å². The normalized spacial score (nSPS) is 10.9. The van der Waals surface area contributed by atoms with Crippen LogP contribution in [0.25, 0.3) is 55.8 Å². The maximum Gasteiger partial charge on any atom is 0.111 e. The van der Waals surface area contributed by atoms with Crippen LogP contribution in [0.2, 0.25) is 0 Å². The minimum Gasteiger partial charge on any atom is -0.242 e. The number of fused-ring (bicyclic) bond motifs is 1. The van der Waals surface area contributed by atoms with Gasteiger partial charge in [0, 0.05) is 11.1 Å². The fourth-order valence-electron chi connectivity index (χ4n) is 4.32. The smallest absolute Gasteiger partial charge is 0.111 e. The van der Waals surface area contributed by atoms with Crippen molar-refractivity contribution in [1.82, 2.24) is 20.2 Å². The molecule has 0 N–H and O–H groups in total. The van der Waals surface area contributed by atoms with Crippen molar-refractivity contribution in [3.05, 3.63) is 122 Å². The Morgan fingerprint density at radius 1 is 0.353 bits per heavy atom.